The lowest BCUT2D eigenvalue weighted by atomic mass is 10.1. The zero-order valence-corrected chi connectivity index (χ0v) is 19.1. The van der Waals surface area contributed by atoms with Crippen LogP contribution in [0.2, 0.25) is 11.1 Å². The second-order valence-corrected chi connectivity index (χ2v) is 13.7. The molecule has 2 aromatic carbocycles. The van der Waals surface area contributed by atoms with Gasteiger partial charge in [0.1, 0.15) is 8.07 Å². The van der Waals surface area contributed by atoms with Crippen LogP contribution in [0.3, 0.4) is 0 Å². The molecule has 0 aliphatic heterocycles. The van der Waals surface area contributed by atoms with Crippen LogP contribution in [0, 0.1) is 3.57 Å². The molecule has 1 aromatic heterocycles. The van der Waals surface area contributed by atoms with Crippen molar-refractivity contribution in [3.63, 3.8) is 0 Å². The Balaban J connectivity index is 2.28. The molecule has 0 spiro atoms. The maximum Gasteiger partial charge on any atom is 0.147 e. The van der Waals surface area contributed by atoms with Gasteiger partial charge < -0.3 is 0 Å². The van der Waals surface area contributed by atoms with Gasteiger partial charge in [-0.3, -0.25) is 4.98 Å². The third kappa shape index (κ3) is 3.39. The molecule has 26 heavy (non-hydrogen) atoms. The Hall–Kier alpha value is -1.46. The van der Waals surface area contributed by atoms with Crippen LogP contribution >= 0.6 is 22.6 Å². The van der Waals surface area contributed by atoms with E-state index in [2.05, 4.69) is 111 Å². The van der Waals surface area contributed by atoms with Gasteiger partial charge in [-0.15, -0.1) is 0 Å². The number of rotatable bonds is 5. The summed E-state index contributed by atoms with van der Waals surface area (Å²) in [6.07, 6.45) is 1.95. The van der Waals surface area contributed by atoms with Crippen molar-refractivity contribution in [2.24, 2.45) is 0 Å². The lowest BCUT2D eigenvalue weighted by Gasteiger charge is -2.40. The lowest BCUT2D eigenvalue weighted by molar-refractivity contribution is 0.922. The van der Waals surface area contributed by atoms with Gasteiger partial charge in [-0.1, -0.05) is 76.2 Å². The fourth-order valence-electron chi connectivity index (χ4n) is 4.28. The van der Waals surface area contributed by atoms with Gasteiger partial charge in [-0.05, 0) is 68.2 Å². The molecule has 0 amide bonds. The highest BCUT2D eigenvalue weighted by Crippen LogP contribution is 2.34. The Morgan fingerprint density at radius 3 is 2.00 bits per heavy atom. The summed E-state index contributed by atoms with van der Waals surface area (Å²) >= 11 is 2.52. The predicted molar refractivity (Wildman–Crippen MR) is 124 cm³/mol. The fourth-order valence-corrected chi connectivity index (χ4v) is 11.5. The molecule has 0 fully saturated rings. The van der Waals surface area contributed by atoms with Crippen LogP contribution in [-0.2, 0) is 0 Å². The summed E-state index contributed by atoms with van der Waals surface area (Å²) in [5.74, 6) is 0. The lowest BCUT2D eigenvalue weighted by Crippen LogP contribution is -2.64. The Morgan fingerprint density at radius 1 is 0.769 bits per heavy atom. The van der Waals surface area contributed by atoms with Crippen LogP contribution in [-0.4, -0.2) is 13.1 Å². The zero-order valence-electron chi connectivity index (χ0n) is 15.9. The molecular formula is C23H26INSi. The average molecular weight is 471 g/mol. The molecule has 134 valence electrons. The van der Waals surface area contributed by atoms with E-state index in [1.807, 2.05) is 12.3 Å². The van der Waals surface area contributed by atoms with Crippen molar-refractivity contribution in [2.45, 2.75) is 38.8 Å². The van der Waals surface area contributed by atoms with E-state index in [9.17, 15) is 0 Å². The van der Waals surface area contributed by atoms with Gasteiger partial charge in [0.05, 0.1) is 0 Å². The Morgan fingerprint density at radius 2 is 1.42 bits per heavy atom. The van der Waals surface area contributed by atoms with Gasteiger partial charge >= 0.3 is 0 Å². The number of aromatic nitrogens is 1. The first kappa shape index (κ1) is 19.3. The van der Waals surface area contributed by atoms with Gasteiger partial charge in [-0.25, -0.2) is 0 Å². The van der Waals surface area contributed by atoms with Crippen LogP contribution in [0.4, 0.5) is 0 Å². The van der Waals surface area contributed by atoms with Crippen LogP contribution < -0.4 is 10.5 Å². The Labute approximate surface area is 172 Å². The minimum atomic E-state index is -2.03. The van der Waals surface area contributed by atoms with E-state index >= 15 is 0 Å². The summed E-state index contributed by atoms with van der Waals surface area (Å²) in [5, 5.41) is 2.82. The molecular weight excluding hydrogens is 445 g/mol. The summed E-state index contributed by atoms with van der Waals surface area (Å²) in [4.78, 5) is 4.87. The summed E-state index contributed by atoms with van der Waals surface area (Å²) < 4.78 is 1.36. The zero-order chi connectivity index (χ0) is 18.7. The molecule has 0 aliphatic rings. The second kappa shape index (κ2) is 8.05. The third-order valence-electron chi connectivity index (χ3n) is 5.43. The number of nitrogens with zero attached hydrogens (tertiary/aromatic N) is 1. The predicted octanol–water partition coefficient (Wildman–Crippen LogP) is 5.74. The second-order valence-electron chi connectivity index (χ2n) is 7.45. The van der Waals surface area contributed by atoms with E-state index in [4.69, 9.17) is 4.98 Å². The molecule has 0 saturated carbocycles. The summed E-state index contributed by atoms with van der Waals surface area (Å²) in [6.45, 7) is 9.52. The number of halogens is 1. The first-order chi connectivity index (χ1) is 12.5. The highest BCUT2D eigenvalue weighted by molar-refractivity contribution is 14.1. The van der Waals surface area contributed by atoms with E-state index in [1.54, 1.807) is 0 Å². The fraction of sp³-hybridized carbons (Fsp3) is 0.261. The third-order valence-corrected chi connectivity index (χ3v) is 13.0. The smallest absolute Gasteiger partial charge is 0.147 e. The Kier molecular flexibility index (Phi) is 5.98. The number of pyridine rings is 1. The SMILES string of the molecule is CC(C)[Si](c1ccccn1)(c1cc(-c2ccccc2)ccc1I)C(C)C. The summed E-state index contributed by atoms with van der Waals surface area (Å²) in [6, 6.07) is 24.1. The van der Waals surface area contributed by atoms with Gasteiger partial charge in [0.2, 0.25) is 0 Å². The monoisotopic (exact) mass is 471 g/mol. The standard InChI is InChI=1S/C23H26INSi/c1-17(2)26(18(3)4,23-12-8-9-15-25-23)22-16-20(13-14-21(22)24)19-10-6-5-7-11-19/h5-18H,1-4H3. The van der Waals surface area contributed by atoms with Gasteiger partial charge in [0, 0.05) is 15.1 Å². The maximum atomic E-state index is 4.87. The molecule has 1 heterocycles. The minimum Gasteiger partial charge on any atom is -0.266 e. The number of benzene rings is 2. The van der Waals surface area contributed by atoms with E-state index < -0.39 is 8.07 Å². The maximum absolute atomic E-state index is 4.87. The summed E-state index contributed by atoms with van der Waals surface area (Å²) in [7, 11) is -2.03. The van der Waals surface area contributed by atoms with E-state index in [0.717, 1.165) is 0 Å². The molecule has 0 unspecified atom stereocenters. The van der Waals surface area contributed by atoms with Gasteiger partial charge in [0.25, 0.3) is 0 Å². The summed E-state index contributed by atoms with van der Waals surface area (Å²) in [5.41, 5.74) is 3.71. The molecule has 0 aliphatic carbocycles. The average Bonchev–Trinajstić information content (AvgIpc) is 2.65. The molecule has 0 bridgehead atoms. The molecule has 3 rings (SSSR count). The van der Waals surface area contributed by atoms with Crippen LogP contribution in [0.5, 0.6) is 0 Å². The van der Waals surface area contributed by atoms with Crippen molar-refractivity contribution in [3.05, 3.63) is 76.5 Å². The van der Waals surface area contributed by atoms with Crippen molar-refractivity contribution in [1.29, 1.82) is 0 Å². The molecule has 3 aromatic rings. The van der Waals surface area contributed by atoms with E-state index in [1.165, 1.54) is 25.2 Å². The van der Waals surface area contributed by atoms with Crippen molar-refractivity contribution in [1.82, 2.24) is 4.98 Å². The molecule has 0 radical (unpaired) electrons. The molecule has 3 heteroatoms. The van der Waals surface area contributed by atoms with E-state index in [-0.39, 0.29) is 0 Å². The Bertz CT molecular complexity index is 852. The quantitative estimate of drug-likeness (QED) is 0.342. The van der Waals surface area contributed by atoms with Crippen LogP contribution in [0.25, 0.3) is 11.1 Å². The minimum absolute atomic E-state index is 0.567. The van der Waals surface area contributed by atoms with Gasteiger partial charge in [-0.2, -0.15) is 0 Å². The number of hydrogen-bond acceptors (Lipinski definition) is 1. The van der Waals surface area contributed by atoms with E-state index in [0.29, 0.717) is 11.1 Å². The topological polar surface area (TPSA) is 12.9 Å². The van der Waals surface area contributed by atoms with Crippen molar-refractivity contribution >= 4 is 41.2 Å². The molecule has 0 saturated heterocycles. The van der Waals surface area contributed by atoms with Gasteiger partial charge in [0.15, 0.2) is 0 Å². The molecule has 0 atom stereocenters. The first-order valence-electron chi connectivity index (χ1n) is 9.24. The van der Waals surface area contributed by atoms with Crippen LogP contribution in [0.15, 0.2) is 72.9 Å². The molecule has 0 N–H and O–H groups in total. The van der Waals surface area contributed by atoms with Crippen molar-refractivity contribution < 1.29 is 0 Å². The largest absolute Gasteiger partial charge is 0.266 e. The van der Waals surface area contributed by atoms with Crippen molar-refractivity contribution in [2.75, 3.05) is 0 Å². The highest BCUT2D eigenvalue weighted by Gasteiger charge is 2.46. The van der Waals surface area contributed by atoms with Crippen LogP contribution in [0.1, 0.15) is 27.7 Å². The first-order valence-corrected chi connectivity index (χ1v) is 12.5. The normalized spacial score (nSPS) is 12.0. The van der Waals surface area contributed by atoms with Crippen molar-refractivity contribution in [3.8, 4) is 11.1 Å². The number of hydrogen-bond donors (Lipinski definition) is 0. The molecule has 1 nitrogen and oxygen atoms in total. The highest BCUT2D eigenvalue weighted by atomic mass is 127.